The Hall–Kier alpha value is -6.86. The zero-order valence-electron chi connectivity index (χ0n) is 33.2. The summed E-state index contributed by atoms with van der Waals surface area (Å²) in [5.41, 5.74) is 8.22. The molecule has 0 aromatic heterocycles. The van der Waals surface area contributed by atoms with E-state index in [9.17, 15) is 14.4 Å². The van der Waals surface area contributed by atoms with Crippen LogP contribution < -0.4 is 44.7 Å². The second kappa shape index (κ2) is 15.5. The first-order valence-corrected chi connectivity index (χ1v) is 19.6. The molecular weight excluding hydrogens is 749 g/mol. The second-order valence-electron chi connectivity index (χ2n) is 15.1. The summed E-state index contributed by atoms with van der Waals surface area (Å²) in [6.45, 7) is 2.57. The van der Waals surface area contributed by atoms with E-state index in [-0.39, 0.29) is 43.0 Å². The maximum absolute atomic E-state index is 14.0. The van der Waals surface area contributed by atoms with Gasteiger partial charge in [-0.25, -0.2) is 0 Å². The summed E-state index contributed by atoms with van der Waals surface area (Å²) in [6, 6.07) is 27.9. The molecule has 13 heteroatoms. The molecule has 0 saturated heterocycles. The van der Waals surface area contributed by atoms with Crippen LogP contribution in [0.1, 0.15) is 49.9 Å². The van der Waals surface area contributed by atoms with Gasteiger partial charge in [-0.1, -0.05) is 36.4 Å². The molecule has 300 valence electrons. The topological polar surface area (TPSA) is 143 Å². The molecule has 3 amide bonds. The van der Waals surface area contributed by atoms with Gasteiger partial charge in [0.25, 0.3) is 11.8 Å². The van der Waals surface area contributed by atoms with Gasteiger partial charge in [0.15, 0.2) is 23.0 Å². The van der Waals surface area contributed by atoms with E-state index in [1.165, 1.54) is 7.11 Å². The lowest BCUT2D eigenvalue weighted by molar-refractivity contribution is -0.117. The Morgan fingerprint density at radius 2 is 1.39 bits per heavy atom. The normalized spacial score (nSPS) is 17.6. The summed E-state index contributed by atoms with van der Waals surface area (Å²) in [6.07, 6.45) is 3.28. The molecule has 0 radical (unpaired) electrons. The standard InChI is InChI=1S/C46H44N6O7/c1-26(47-2)44(53)50-31-14-27(24-58-42-20-36-34(18-40(42)56-3)45(54)51-32(22-48-36)16-29-9-5-7-11-38(29)51)13-28(15-31)25-59-43-21-37-35(19-41(43)57-4)46(55)52-33(23-49-37)17-30-10-6-8-12-39(30)52/h5-15,18-22,26,32-33,47,49H,16-17,23-25H2,1-4H3,(H,50,53)/t26?,32-,33?/m0/s1. The van der Waals surface area contributed by atoms with Crippen LogP contribution in [-0.4, -0.2) is 69.9 Å². The Morgan fingerprint density at radius 1 is 0.780 bits per heavy atom. The first-order chi connectivity index (χ1) is 28.7. The fourth-order valence-electron chi connectivity index (χ4n) is 8.31. The van der Waals surface area contributed by atoms with Crippen LogP contribution in [0, 0.1) is 0 Å². The van der Waals surface area contributed by atoms with Crippen molar-refractivity contribution in [1.29, 1.82) is 0 Å². The lowest BCUT2D eigenvalue weighted by Crippen LogP contribution is -2.39. The van der Waals surface area contributed by atoms with Crippen LogP contribution in [0.3, 0.4) is 0 Å². The number of likely N-dealkylation sites (N-methyl/N-ethyl adjacent to an activating group) is 1. The second-order valence-corrected chi connectivity index (χ2v) is 15.1. The number of fused-ring (bicyclic) bond motifs is 8. The molecule has 0 aliphatic carbocycles. The van der Waals surface area contributed by atoms with Crippen molar-refractivity contribution in [2.75, 3.05) is 48.2 Å². The average Bonchev–Trinajstić information content (AvgIpc) is 3.75. The molecule has 4 heterocycles. The molecule has 0 saturated carbocycles. The molecule has 4 aliphatic heterocycles. The highest BCUT2D eigenvalue weighted by molar-refractivity contribution is 6.15. The van der Waals surface area contributed by atoms with Crippen molar-refractivity contribution >= 4 is 52.4 Å². The first kappa shape index (κ1) is 37.7. The first-order valence-electron chi connectivity index (χ1n) is 19.6. The van der Waals surface area contributed by atoms with Crippen molar-refractivity contribution in [2.45, 2.75) is 51.1 Å². The van der Waals surface area contributed by atoms with Gasteiger partial charge in [-0.3, -0.25) is 24.3 Å². The molecule has 2 unspecified atom stereocenters. The summed E-state index contributed by atoms with van der Waals surface area (Å²) in [4.78, 5) is 49.3. The number of carbonyl (C=O) groups excluding carboxylic acids is 3. The van der Waals surface area contributed by atoms with E-state index in [1.807, 2.05) is 77.8 Å². The maximum Gasteiger partial charge on any atom is 0.261 e. The van der Waals surface area contributed by atoms with E-state index in [2.05, 4.69) is 22.0 Å². The van der Waals surface area contributed by atoms with E-state index in [0.717, 1.165) is 40.0 Å². The van der Waals surface area contributed by atoms with Gasteiger partial charge in [-0.15, -0.1) is 0 Å². The number of rotatable bonds is 11. The average molecular weight is 793 g/mol. The minimum absolute atomic E-state index is 0.0104. The maximum atomic E-state index is 14.0. The molecule has 3 atom stereocenters. The molecule has 59 heavy (non-hydrogen) atoms. The van der Waals surface area contributed by atoms with Crippen molar-refractivity contribution in [1.82, 2.24) is 5.32 Å². The smallest absolute Gasteiger partial charge is 0.261 e. The molecule has 3 N–H and O–H groups in total. The van der Waals surface area contributed by atoms with Crippen LogP contribution in [0.15, 0.2) is 96.0 Å². The Morgan fingerprint density at radius 3 is 2.07 bits per heavy atom. The Bertz CT molecular complexity index is 2540. The van der Waals surface area contributed by atoms with E-state index in [1.54, 1.807) is 44.2 Å². The van der Waals surface area contributed by atoms with Gasteiger partial charge in [0.05, 0.1) is 54.8 Å². The highest BCUT2D eigenvalue weighted by Crippen LogP contribution is 2.43. The van der Waals surface area contributed by atoms with Crippen molar-refractivity contribution in [3.8, 4) is 23.0 Å². The van der Waals surface area contributed by atoms with Crippen LogP contribution in [0.4, 0.5) is 28.4 Å². The molecule has 5 aromatic rings. The number of aliphatic imine (C=N–C) groups is 1. The fraction of sp³-hybridized carbons (Fsp3) is 0.261. The number of para-hydroxylation sites is 2. The van der Waals surface area contributed by atoms with Crippen LogP contribution in [-0.2, 0) is 30.8 Å². The number of amides is 3. The lowest BCUT2D eigenvalue weighted by Gasteiger charge is -2.22. The molecule has 5 aromatic carbocycles. The summed E-state index contributed by atoms with van der Waals surface area (Å²) in [5, 5.41) is 9.45. The van der Waals surface area contributed by atoms with Gasteiger partial charge in [0, 0.05) is 48.4 Å². The molecule has 9 rings (SSSR count). The van der Waals surface area contributed by atoms with E-state index in [0.29, 0.717) is 64.2 Å². The quantitative estimate of drug-likeness (QED) is 0.133. The van der Waals surface area contributed by atoms with Gasteiger partial charge < -0.3 is 39.8 Å². The molecule has 13 nitrogen and oxygen atoms in total. The van der Waals surface area contributed by atoms with Gasteiger partial charge in [0.1, 0.15) is 13.2 Å². The minimum atomic E-state index is -0.436. The molecule has 0 bridgehead atoms. The van der Waals surface area contributed by atoms with E-state index < -0.39 is 6.04 Å². The predicted molar refractivity (Wildman–Crippen MR) is 226 cm³/mol. The van der Waals surface area contributed by atoms with Crippen molar-refractivity contribution < 1.29 is 33.3 Å². The summed E-state index contributed by atoms with van der Waals surface area (Å²) >= 11 is 0. The third-order valence-corrected chi connectivity index (χ3v) is 11.4. The van der Waals surface area contributed by atoms with Crippen molar-refractivity contribution in [2.24, 2.45) is 4.99 Å². The largest absolute Gasteiger partial charge is 0.493 e. The third-order valence-electron chi connectivity index (χ3n) is 11.4. The number of hydrogen-bond donors (Lipinski definition) is 3. The zero-order chi connectivity index (χ0) is 40.8. The summed E-state index contributed by atoms with van der Waals surface area (Å²) in [5.74, 6) is 1.23. The third kappa shape index (κ3) is 6.97. The highest BCUT2D eigenvalue weighted by Gasteiger charge is 2.38. The van der Waals surface area contributed by atoms with Gasteiger partial charge in [-0.2, -0.15) is 0 Å². The molecule has 0 fully saturated rings. The number of carbonyl (C=O) groups is 3. The number of benzene rings is 5. The summed E-state index contributed by atoms with van der Waals surface area (Å²) < 4.78 is 24.3. The Balaban J connectivity index is 0.970. The zero-order valence-corrected chi connectivity index (χ0v) is 33.2. The van der Waals surface area contributed by atoms with Gasteiger partial charge >= 0.3 is 0 Å². The number of nitrogens with one attached hydrogen (secondary N) is 3. The van der Waals surface area contributed by atoms with E-state index >= 15 is 0 Å². The number of anilines is 4. The van der Waals surface area contributed by atoms with Crippen LogP contribution >= 0.6 is 0 Å². The fourth-order valence-corrected chi connectivity index (χ4v) is 8.31. The summed E-state index contributed by atoms with van der Waals surface area (Å²) in [7, 11) is 4.80. The van der Waals surface area contributed by atoms with Gasteiger partial charge in [0.2, 0.25) is 5.91 Å². The molecule has 4 aliphatic rings. The lowest BCUT2D eigenvalue weighted by atomic mass is 10.1. The highest BCUT2D eigenvalue weighted by atomic mass is 16.5. The van der Waals surface area contributed by atoms with Crippen LogP contribution in [0.25, 0.3) is 0 Å². The SMILES string of the molecule is CNC(C)C(=O)Nc1cc(COc2cc3c(cc2OC)C(=O)N2c4ccccc4C[C@H]2C=N3)cc(COc2cc3c(cc2OC)C(=O)N2c4ccccc4CC2CN3)c1. The van der Waals surface area contributed by atoms with Crippen LogP contribution in [0.5, 0.6) is 23.0 Å². The number of hydrogen-bond acceptors (Lipinski definition) is 10. The van der Waals surface area contributed by atoms with E-state index in [4.69, 9.17) is 23.9 Å². The van der Waals surface area contributed by atoms with Gasteiger partial charge in [-0.05, 0) is 85.1 Å². The number of methoxy groups -OCH3 is 2. The van der Waals surface area contributed by atoms with Crippen molar-refractivity contribution in [3.63, 3.8) is 0 Å². The van der Waals surface area contributed by atoms with Crippen LogP contribution in [0.2, 0.25) is 0 Å². The number of nitrogens with zero attached hydrogens (tertiary/aromatic N) is 3. The number of ether oxygens (including phenoxy) is 4. The van der Waals surface area contributed by atoms with Crippen molar-refractivity contribution in [3.05, 3.63) is 124 Å². The predicted octanol–water partition coefficient (Wildman–Crippen LogP) is 6.69. The Labute approximate surface area is 341 Å². The molecular formula is C46H44N6O7. The Kier molecular flexibility index (Phi) is 9.89. The molecule has 0 spiro atoms. The monoisotopic (exact) mass is 792 g/mol. The minimum Gasteiger partial charge on any atom is -0.493 e.